The predicted molar refractivity (Wildman–Crippen MR) is 126 cm³/mol. The number of thiazole rings is 1. The van der Waals surface area contributed by atoms with Crippen molar-refractivity contribution in [1.29, 1.82) is 0 Å². The third-order valence-electron chi connectivity index (χ3n) is 4.45. The Hall–Kier alpha value is -2.47. The molecule has 0 saturated heterocycles. The van der Waals surface area contributed by atoms with E-state index >= 15 is 0 Å². The van der Waals surface area contributed by atoms with Crippen molar-refractivity contribution in [3.05, 3.63) is 76.8 Å². The van der Waals surface area contributed by atoms with Crippen LogP contribution in [0.5, 0.6) is 0 Å². The zero-order chi connectivity index (χ0) is 19.7. The topological polar surface area (TPSA) is 37.0 Å². The lowest BCUT2D eigenvalue weighted by atomic mass is 10.2. The summed E-state index contributed by atoms with van der Waals surface area (Å²) in [6, 6.07) is 20.2. The molecule has 1 aromatic heterocycles. The summed E-state index contributed by atoms with van der Waals surface area (Å²) >= 11 is 13.3. The van der Waals surface area contributed by atoms with E-state index in [0.717, 1.165) is 33.0 Å². The van der Waals surface area contributed by atoms with Gasteiger partial charge in [-0.1, -0.05) is 23.7 Å². The van der Waals surface area contributed by atoms with Crippen LogP contribution in [-0.4, -0.2) is 10.1 Å². The molecule has 3 nitrogen and oxygen atoms in total. The number of benzene rings is 3. The average Bonchev–Trinajstić information content (AvgIpc) is 3.09. The first-order chi connectivity index (χ1) is 13.5. The van der Waals surface area contributed by atoms with Crippen LogP contribution in [0.15, 0.2) is 60.7 Å². The minimum absolute atomic E-state index is 0.522. The first-order valence-corrected chi connectivity index (χ1v) is 10.4. The number of aryl methyl sites for hydroxylation is 1. The lowest BCUT2D eigenvalue weighted by molar-refractivity contribution is 1.45. The van der Waals surface area contributed by atoms with E-state index in [2.05, 4.69) is 47.9 Å². The van der Waals surface area contributed by atoms with Gasteiger partial charge < -0.3 is 10.6 Å². The number of nitrogens with zero attached hydrogens (tertiary/aromatic N) is 1. The van der Waals surface area contributed by atoms with Crippen LogP contribution in [0.4, 0.5) is 11.4 Å². The van der Waals surface area contributed by atoms with Gasteiger partial charge in [0.15, 0.2) is 5.11 Å². The predicted octanol–water partition coefficient (Wildman–Crippen LogP) is 7.04. The van der Waals surface area contributed by atoms with Crippen LogP contribution in [0.1, 0.15) is 11.1 Å². The molecule has 0 amide bonds. The van der Waals surface area contributed by atoms with Gasteiger partial charge in [0, 0.05) is 22.0 Å². The summed E-state index contributed by atoms with van der Waals surface area (Å²) in [7, 11) is 0. The van der Waals surface area contributed by atoms with Crippen molar-refractivity contribution in [3.8, 4) is 10.6 Å². The summed E-state index contributed by atoms with van der Waals surface area (Å²) in [5, 5.41) is 8.65. The van der Waals surface area contributed by atoms with Crippen molar-refractivity contribution in [2.75, 3.05) is 10.6 Å². The van der Waals surface area contributed by atoms with E-state index in [0.29, 0.717) is 10.1 Å². The van der Waals surface area contributed by atoms with Crippen molar-refractivity contribution in [3.63, 3.8) is 0 Å². The number of thiocarbonyl (C=S) groups is 1. The quantitative estimate of drug-likeness (QED) is 0.346. The number of fused-ring (bicyclic) bond motifs is 1. The van der Waals surface area contributed by atoms with E-state index in [9.17, 15) is 0 Å². The van der Waals surface area contributed by atoms with Crippen LogP contribution in [0.25, 0.3) is 20.8 Å². The summed E-state index contributed by atoms with van der Waals surface area (Å²) in [5.74, 6) is 0. The molecule has 0 fully saturated rings. The molecule has 0 radical (unpaired) electrons. The summed E-state index contributed by atoms with van der Waals surface area (Å²) in [6.45, 7) is 4.06. The van der Waals surface area contributed by atoms with Crippen LogP contribution >= 0.6 is 35.2 Å². The van der Waals surface area contributed by atoms with Gasteiger partial charge >= 0.3 is 0 Å². The molecule has 0 unspecified atom stereocenters. The molecule has 4 rings (SSSR count). The maximum absolute atomic E-state index is 6.16. The lowest BCUT2D eigenvalue weighted by Gasteiger charge is -2.13. The number of hydrogen-bond donors (Lipinski definition) is 2. The molecule has 0 atom stereocenters. The third-order valence-corrected chi connectivity index (χ3v) is 6.13. The van der Waals surface area contributed by atoms with E-state index in [1.165, 1.54) is 10.3 Å². The Balaban J connectivity index is 1.48. The highest BCUT2D eigenvalue weighted by atomic mass is 35.5. The SMILES string of the molecule is Cc1ccc2nc(-c3ccc(NC(=S)Nc4cccc(Cl)c4C)cc3)sc2c1. The van der Waals surface area contributed by atoms with Crippen LogP contribution in [0.2, 0.25) is 5.02 Å². The zero-order valence-corrected chi connectivity index (χ0v) is 17.8. The Labute approximate surface area is 178 Å². The second kappa shape index (κ2) is 7.87. The number of anilines is 2. The molecule has 6 heteroatoms. The fourth-order valence-electron chi connectivity index (χ4n) is 2.88. The summed E-state index contributed by atoms with van der Waals surface area (Å²) < 4.78 is 1.21. The maximum Gasteiger partial charge on any atom is 0.175 e. The van der Waals surface area contributed by atoms with Gasteiger partial charge in [-0.3, -0.25) is 0 Å². The van der Waals surface area contributed by atoms with Crippen molar-refractivity contribution in [1.82, 2.24) is 4.98 Å². The normalized spacial score (nSPS) is 10.8. The van der Waals surface area contributed by atoms with Gasteiger partial charge in [-0.2, -0.15) is 0 Å². The molecule has 2 N–H and O–H groups in total. The van der Waals surface area contributed by atoms with Crippen LogP contribution in [-0.2, 0) is 0 Å². The van der Waals surface area contributed by atoms with E-state index in [1.807, 2.05) is 37.3 Å². The van der Waals surface area contributed by atoms with Gasteiger partial charge in [-0.05, 0) is 85.7 Å². The molecule has 140 valence electrons. The van der Waals surface area contributed by atoms with Crippen molar-refractivity contribution < 1.29 is 0 Å². The molecule has 0 aliphatic heterocycles. The number of aromatic nitrogens is 1. The van der Waals surface area contributed by atoms with Gasteiger partial charge in [0.1, 0.15) is 5.01 Å². The Morgan fingerprint density at radius 3 is 2.57 bits per heavy atom. The molecule has 28 heavy (non-hydrogen) atoms. The smallest absolute Gasteiger partial charge is 0.175 e. The Morgan fingerprint density at radius 2 is 1.79 bits per heavy atom. The first-order valence-electron chi connectivity index (χ1n) is 8.80. The van der Waals surface area contributed by atoms with Crippen molar-refractivity contribution in [2.45, 2.75) is 13.8 Å². The van der Waals surface area contributed by atoms with Gasteiger partial charge in [0.05, 0.1) is 10.2 Å². The summed E-state index contributed by atoms with van der Waals surface area (Å²) in [6.07, 6.45) is 0. The van der Waals surface area contributed by atoms with Crippen LogP contribution < -0.4 is 10.6 Å². The monoisotopic (exact) mass is 423 g/mol. The summed E-state index contributed by atoms with van der Waals surface area (Å²) in [5.41, 5.74) is 6.15. The molecule has 0 bridgehead atoms. The maximum atomic E-state index is 6.16. The number of nitrogens with one attached hydrogen (secondary N) is 2. The minimum Gasteiger partial charge on any atom is -0.332 e. The zero-order valence-electron chi connectivity index (χ0n) is 15.4. The highest BCUT2D eigenvalue weighted by molar-refractivity contribution is 7.80. The highest BCUT2D eigenvalue weighted by Gasteiger charge is 2.08. The molecule has 3 aromatic carbocycles. The number of halogens is 1. The lowest BCUT2D eigenvalue weighted by Crippen LogP contribution is -2.19. The van der Waals surface area contributed by atoms with Crippen LogP contribution in [0, 0.1) is 13.8 Å². The van der Waals surface area contributed by atoms with Gasteiger partial charge in [-0.25, -0.2) is 4.98 Å². The van der Waals surface area contributed by atoms with Gasteiger partial charge in [-0.15, -0.1) is 11.3 Å². The Bertz CT molecular complexity index is 1170. The van der Waals surface area contributed by atoms with Gasteiger partial charge in [0.2, 0.25) is 0 Å². The third kappa shape index (κ3) is 4.02. The average molecular weight is 424 g/mol. The molecule has 0 spiro atoms. The second-order valence-electron chi connectivity index (χ2n) is 6.56. The standard InChI is InChI=1S/C22H18ClN3S2/c1-13-6-11-19-20(12-13)28-21(25-19)15-7-9-16(10-8-15)24-22(27)26-18-5-3-4-17(23)14(18)2/h3-12H,1-2H3,(H2,24,26,27). The minimum atomic E-state index is 0.522. The van der Waals surface area contributed by atoms with Crippen LogP contribution in [0.3, 0.4) is 0 Å². The molecule has 1 heterocycles. The fourth-order valence-corrected chi connectivity index (χ4v) is 4.35. The van der Waals surface area contributed by atoms with E-state index in [4.69, 9.17) is 28.8 Å². The second-order valence-corrected chi connectivity index (χ2v) is 8.41. The van der Waals surface area contributed by atoms with Crippen molar-refractivity contribution in [2.24, 2.45) is 0 Å². The molecule has 0 saturated carbocycles. The molecule has 0 aliphatic carbocycles. The molecular weight excluding hydrogens is 406 g/mol. The largest absolute Gasteiger partial charge is 0.332 e. The van der Waals surface area contributed by atoms with Gasteiger partial charge in [0.25, 0.3) is 0 Å². The molecule has 0 aliphatic rings. The van der Waals surface area contributed by atoms with E-state index < -0.39 is 0 Å². The molecule has 4 aromatic rings. The Kier molecular flexibility index (Phi) is 5.31. The van der Waals surface area contributed by atoms with E-state index in [1.54, 1.807) is 11.3 Å². The first kappa shape index (κ1) is 18.9. The Morgan fingerprint density at radius 1 is 1.00 bits per heavy atom. The number of rotatable bonds is 3. The number of hydrogen-bond acceptors (Lipinski definition) is 3. The van der Waals surface area contributed by atoms with E-state index in [-0.39, 0.29) is 0 Å². The summed E-state index contributed by atoms with van der Waals surface area (Å²) in [4.78, 5) is 4.74. The fraction of sp³-hybridized carbons (Fsp3) is 0.0909. The highest BCUT2D eigenvalue weighted by Crippen LogP contribution is 2.31. The van der Waals surface area contributed by atoms with Crippen molar-refractivity contribution >= 4 is 61.9 Å². The molecular formula is C22H18ClN3S2.